The van der Waals surface area contributed by atoms with Crippen molar-refractivity contribution < 1.29 is 4.79 Å². The summed E-state index contributed by atoms with van der Waals surface area (Å²) in [6.45, 7) is 0. The molecule has 3 nitrogen and oxygen atoms in total. The molecule has 0 radical (unpaired) electrons. The summed E-state index contributed by atoms with van der Waals surface area (Å²) in [5.74, 6) is -0.261. The number of hydrogen-bond acceptors (Lipinski definition) is 3. The number of hydrogen-bond donors (Lipinski definition) is 1. The standard InChI is InChI=1S/C16H8Cl4N2OS/c17-9-2-1-8(12(20)6-9)5-14-15(23)22-16(24-14)21-13-7-10(18)3-4-11(13)19/h1-7H,(H,21,22,23)/b14-5+. The molecule has 0 aliphatic carbocycles. The van der Waals surface area contributed by atoms with Gasteiger partial charge in [0.25, 0.3) is 5.91 Å². The highest BCUT2D eigenvalue weighted by molar-refractivity contribution is 8.18. The summed E-state index contributed by atoms with van der Waals surface area (Å²) in [6.07, 6.45) is 1.68. The summed E-state index contributed by atoms with van der Waals surface area (Å²) >= 11 is 25.2. The van der Waals surface area contributed by atoms with E-state index in [-0.39, 0.29) is 5.91 Å². The van der Waals surface area contributed by atoms with Crippen LogP contribution in [-0.4, -0.2) is 11.1 Å². The molecule has 122 valence electrons. The average Bonchev–Trinajstić information content (AvgIpc) is 2.85. The van der Waals surface area contributed by atoms with Crippen LogP contribution in [0.2, 0.25) is 20.1 Å². The number of thioether (sulfide) groups is 1. The number of carbonyl (C=O) groups is 1. The molecule has 1 amide bonds. The molecule has 1 heterocycles. The lowest BCUT2D eigenvalue weighted by Gasteiger charge is -2.00. The van der Waals surface area contributed by atoms with Gasteiger partial charge in [-0.25, -0.2) is 4.99 Å². The van der Waals surface area contributed by atoms with E-state index in [1.54, 1.807) is 42.5 Å². The number of halogens is 4. The number of nitrogens with one attached hydrogen (secondary N) is 1. The van der Waals surface area contributed by atoms with Gasteiger partial charge in [-0.1, -0.05) is 52.5 Å². The summed E-state index contributed by atoms with van der Waals surface area (Å²) in [5, 5.41) is 5.05. The maximum atomic E-state index is 12.1. The Hall–Kier alpha value is -1.17. The quantitative estimate of drug-likeness (QED) is 0.591. The lowest BCUT2D eigenvalue weighted by molar-refractivity contribution is -0.115. The molecular formula is C16H8Cl4N2OS. The van der Waals surface area contributed by atoms with Gasteiger partial charge in [0.15, 0.2) is 5.17 Å². The zero-order valence-electron chi connectivity index (χ0n) is 11.8. The van der Waals surface area contributed by atoms with E-state index < -0.39 is 0 Å². The second kappa shape index (κ2) is 7.38. The molecule has 1 N–H and O–H groups in total. The van der Waals surface area contributed by atoms with Crippen LogP contribution in [0.15, 0.2) is 46.3 Å². The van der Waals surface area contributed by atoms with Gasteiger partial charge in [-0.15, -0.1) is 0 Å². The molecule has 0 spiro atoms. The van der Waals surface area contributed by atoms with Gasteiger partial charge >= 0.3 is 0 Å². The van der Waals surface area contributed by atoms with Crippen molar-refractivity contribution in [2.45, 2.75) is 0 Å². The predicted molar refractivity (Wildman–Crippen MR) is 104 cm³/mol. The SMILES string of the molecule is O=C1NC(=Nc2cc(Cl)ccc2Cl)S/C1=C/c1ccc(Cl)cc1Cl. The van der Waals surface area contributed by atoms with Crippen molar-refractivity contribution in [3.63, 3.8) is 0 Å². The van der Waals surface area contributed by atoms with Crippen LogP contribution in [0.3, 0.4) is 0 Å². The van der Waals surface area contributed by atoms with E-state index in [9.17, 15) is 4.79 Å². The van der Waals surface area contributed by atoms with Gasteiger partial charge in [-0.3, -0.25) is 4.79 Å². The van der Waals surface area contributed by atoms with Gasteiger partial charge in [0.1, 0.15) is 0 Å². The van der Waals surface area contributed by atoms with Crippen LogP contribution >= 0.6 is 58.2 Å². The van der Waals surface area contributed by atoms with Crippen LogP contribution in [-0.2, 0) is 4.79 Å². The molecule has 0 bridgehead atoms. The minimum Gasteiger partial charge on any atom is -0.300 e. The fourth-order valence-electron chi connectivity index (χ4n) is 1.92. The molecule has 0 aromatic heterocycles. The van der Waals surface area contributed by atoms with Crippen LogP contribution in [0, 0.1) is 0 Å². The van der Waals surface area contributed by atoms with Crippen molar-refractivity contribution in [2.24, 2.45) is 4.99 Å². The molecule has 3 rings (SSSR count). The van der Waals surface area contributed by atoms with Gasteiger partial charge in [0.2, 0.25) is 0 Å². The van der Waals surface area contributed by atoms with Gasteiger partial charge in [-0.05, 0) is 53.7 Å². The smallest absolute Gasteiger partial charge is 0.264 e. The molecule has 0 atom stereocenters. The van der Waals surface area contributed by atoms with Gasteiger partial charge in [0, 0.05) is 15.1 Å². The van der Waals surface area contributed by atoms with Crippen LogP contribution < -0.4 is 5.32 Å². The summed E-state index contributed by atoms with van der Waals surface area (Å²) in [5.41, 5.74) is 1.18. The number of amidine groups is 1. The third-order valence-corrected chi connectivity index (χ3v) is 5.06. The molecule has 2 aromatic carbocycles. The minimum absolute atomic E-state index is 0.261. The van der Waals surface area contributed by atoms with E-state index in [1.165, 1.54) is 11.8 Å². The van der Waals surface area contributed by atoms with E-state index in [0.717, 1.165) is 0 Å². The summed E-state index contributed by atoms with van der Waals surface area (Å²) < 4.78 is 0. The zero-order chi connectivity index (χ0) is 17.3. The normalized spacial score (nSPS) is 17.6. The molecule has 0 saturated carbocycles. The van der Waals surface area contributed by atoms with Crippen LogP contribution in [0.25, 0.3) is 6.08 Å². The number of benzene rings is 2. The van der Waals surface area contributed by atoms with E-state index >= 15 is 0 Å². The summed E-state index contributed by atoms with van der Waals surface area (Å²) in [4.78, 5) is 16.9. The fourth-order valence-corrected chi connectivity index (χ4v) is 3.54. The molecule has 1 aliphatic rings. The first-order valence-corrected chi connectivity index (χ1v) is 8.95. The Morgan fingerprint density at radius 3 is 2.42 bits per heavy atom. The van der Waals surface area contributed by atoms with Crippen molar-refractivity contribution in [2.75, 3.05) is 0 Å². The lowest BCUT2D eigenvalue weighted by atomic mass is 10.2. The van der Waals surface area contributed by atoms with E-state index in [4.69, 9.17) is 46.4 Å². The minimum atomic E-state index is -0.261. The first-order valence-electron chi connectivity index (χ1n) is 6.62. The second-order valence-corrected chi connectivity index (χ2v) is 7.46. The molecular weight excluding hydrogens is 410 g/mol. The van der Waals surface area contributed by atoms with Crippen molar-refractivity contribution in [3.05, 3.63) is 67.0 Å². The van der Waals surface area contributed by atoms with Crippen molar-refractivity contribution in [3.8, 4) is 0 Å². The third-order valence-electron chi connectivity index (χ3n) is 3.03. The predicted octanol–water partition coefficient (Wildman–Crippen LogP) is 6.19. The van der Waals surface area contributed by atoms with E-state index in [0.29, 0.717) is 41.4 Å². The molecule has 1 saturated heterocycles. The van der Waals surface area contributed by atoms with Gasteiger partial charge in [-0.2, -0.15) is 0 Å². The van der Waals surface area contributed by atoms with Crippen molar-refractivity contribution >= 4 is 81.0 Å². The topological polar surface area (TPSA) is 41.5 Å². The average molecular weight is 418 g/mol. The van der Waals surface area contributed by atoms with Crippen LogP contribution in [0.5, 0.6) is 0 Å². The van der Waals surface area contributed by atoms with Gasteiger partial charge < -0.3 is 5.32 Å². The Kier molecular flexibility index (Phi) is 5.42. The molecule has 24 heavy (non-hydrogen) atoms. The number of rotatable bonds is 2. The summed E-state index contributed by atoms with van der Waals surface area (Å²) in [6, 6.07) is 10.0. The first-order chi connectivity index (χ1) is 11.4. The Bertz CT molecular complexity index is 896. The molecule has 2 aromatic rings. The Morgan fingerprint density at radius 1 is 0.958 bits per heavy atom. The molecule has 0 unspecified atom stereocenters. The van der Waals surface area contributed by atoms with Crippen molar-refractivity contribution in [1.82, 2.24) is 5.32 Å². The lowest BCUT2D eigenvalue weighted by Crippen LogP contribution is -2.19. The maximum absolute atomic E-state index is 12.1. The number of aliphatic imine (C=N–C) groups is 1. The van der Waals surface area contributed by atoms with E-state index in [2.05, 4.69) is 10.3 Å². The highest BCUT2D eigenvalue weighted by atomic mass is 35.5. The Labute approximate surface area is 162 Å². The first kappa shape index (κ1) is 17.6. The second-order valence-electron chi connectivity index (χ2n) is 4.74. The molecule has 1 fully saturated rings. The van der Waals surface area contributed by atoms with Crippen LogP contribution in [0.1, 0.15) is 5.56 Å². The highest BCUT2D eigenvalue weighted by Gasteiger charge is 2.24. The fraction of sp³-hybridized carbons (Fsp3) is 0. The number of nitrogens with zero attached hydrogens (tertiary/aromatic N) is 1. The molecule has 8 heteroatoms. The van der Waals surface area contributed by atoms with E-state index in [1.807, 2.05) is 0 Å². The Balaban J connectivity index is 1.89. The maximum Gasteiger partial charge on any atom is 0.264 e. The van der Waals surface area contributed by atoms with Crippen molar-refractivity contribution in [1.29, 1.82) is 0 Å². The monoisotopic (exact) mass is 416 g/mol. The van der Waals surface area contributed by atoms with Crippen LogP contribution in [0.4, 0.5) is 5.69 Å². The highest BCUT2D eigenvalue weighted by Crippen LogP contribution is 2.33. The summed E-state index contributed by atoms with van der Waals surface area (Å²) in [7, 11) is 0. The Morgan fingerprint density at radius 2 is 1.67 bits per heavy atom. The third kappa shape index (κ3) is 4.08. The molecule has 1 aliphatic heterocycles. The largest absolute Gasteiger partial charge is 0.300 e. The number of amides is 1. The zero-order valence-corrected chi connectivity index (χ0v) is 15.7. The number of carbonyl (C=O) groups excluding carboxylic acids is 1. The van der Waals surface area contributed by atoms with Gasteiger partial charge in [0.05, 0.1) is 15.6 Å².